The molecular formula is C11H15ClN2O. The monoisotopic (exact) mass is 226 g/mol. The number of ether oxygens (including phenoxy) is 1. The van der Waals surface area contributed by atoms with Crippen LogP contribution in [0.15, 0.2) is 23.3 Å². The van der Waals surface area contributed by atoms with Crippen LogP contribution in [0.2, 0.25) is 5.02 Å². The quantitative estimate of drug-likeness (QED) is 0.619. The van der Waals surface area contributed by atoms with Crippen molar-refractivity contribution < 1.29 is 4.74 Å². The Morgan fingerprint density at radius 1 is 1.53 bits per heavy atom. The normalized spacial score (nSPS) is 10.6. The molecule has 3 nitrogen and oxygen atoms in total. The molecule has 0 aliphatic carbocycles. The third-order valence-corrected chi connectivity index (χ3v) is 2.06. The predicted molar refractivity (Wildman–Crippen MR) is 63.9 cm³/mol. The van der Waals surface area contributed by atoms with Crippen LogP contribution >= 0.6 is 11.6 Å². The largest absolute Gasteiger partial charge is 0.492 e. The summed E-state index contributed by atoms with van der Waals surface area (Å²) in [6.45, 7) is 2.74. The van der Waals surface area contributed by atoms with E-state index in [-0.39, 0.29) is 0 Å². The summed E-state index contributed by atoms with van der Waals surface area (Å²) in [5, 5.41) is 4.51. The number of benzene rings is 1. The average Bonchev–Trinajstić information content (AvgIpc) is 2.25. The summed E-state index contributed by atoms with van der Waals surface area (Å²) in [4.78, 5) is 0. The molecule has 0 aromatic heterocycles. The first-order valence-electron chi connectivity index (χ1n) is 4.90. The second-order valence-electron chi connectivity index (χ2n) is 3.02. The Morgan fingerprint density at radius 2 is 2.33 bits per heavy atom. The van der Waals surface area contributed by atoms with Crippen molar-refractivity contribution in [2.45, 2.75) is 13.3 Å². The Kier molecular flexibility index (Phi) is 4.98. The molecule has 0 radical (unpaired) electrons. The Balaban J connectivity index is 2.74. The highest BCUT2D eigenvalue weighted by Gasteiger charge is 2.01. The van der Waals surface area contributed by atoms with Gasteiger partial charge in [0.25, 0.3) is 0 Å². The fraction of sp³-hybridized carbons (Fsp3) is 0.364. The molecule has 15 heavy (non-hydrogen) atoms. The van der Waals surface area contributed by atoms with E-state index in [4.69, 9.17) is 16.3 Å². The van der Waals surface area contributed by atoms with Crippen LogP contribution in [0, 0.1) is 0 Å². The highest BCUT2D eigenvalue weighted by atomic mass is 35.5. The Labute approximate surface area is 95.1 Å². The summed E-state index contributed by atoms with van der Waals surface area (Å²) in [6.07, 6.45) is 2.68. The molecule has 1 aromatic rings. The Morgan fingerprint density at radius 3 is 2.93 bits per heavy atom. The van der Waals surface area contributed by atoms with Crippen molar-refractivity contribution in [1.29, 1.82) is 0 Å². The van der Waals surface area contributed by atoms with Gasteiger partial charge in [-0.05, 0) is 30.2 Å². The molecule has 0 aliphatic rings. The smallest absolute Gasteiger partial charge is 0.137 e. The lowest BCUT2D eigenvalue weighted by atomic mass is 10.2. The van der Waals surface area contributed by atoms with Crippen LogP contribution < -0.4 is 10.2 Å². The minimum Gasteiger partial charge on any atom is -0.492 e. The zero-order valence-corrected chi connectivity index (χ0v) is 9.71. The lowest BCUT2D eigenvalue weighted by molar-refractivity contribution is 0.317. The minimum atomic E-state index is 0.614. The maximum atomic E-state index is 6.04. The van der Waals surface area contributed by atoms with Crippen molar-refractivity contribution in [1.82, 2.24) is 5.43 Å². The summed E-state index contributed by atoms with van der Waals surface area (Å²) in [6, 6.07) is 5.60. The van der Waals surface area contributed by atoms with Gasteiger partial charge in [0.2, 0.25) is 0 Å². The van der Waals surface area contributed by atoms with Gasteiger partial charge in [-0.2, -0.15) is 5.10 Å². The molecule has 82 valence electrons. The van der Waals surface area contributed by atoms with Crippen molar-refractivity contribution in [2.75, 3.05) is 13.7 Å². The second kappa shape index (κ2) is 6.30. The van der Waals surface area contributed by atoms with Crippen molar-refractivity contribution in [3.63, 3.8) is 0 Å². The van der Waals surface area contributed by atoms with E-state index >= 15 is 0 Å². The van der Waals surface area contributed by atoms with E-state index in [2.05, 4.69) is 17.5 Å². The van der Waals surface area contributed by atoms with Crippen molar-refractivity contribution in [3.05, 3.63) is 28.8 Å². The van der Waals surface area contributed by atoms with Crippen LogP contribution in [0.3, 0.4) is 0 Å². The number of halogens is 1. The number of rotatable bonds is 5. The molecule has 0 spiro atoms. The molecule has 0 amide bonds. The number of hydrogen-bond donors (Lipinski definition) is 1. The molecule has 4 heteroatoms. The Bertz CT molecular complexity index is 339. The van der Waals surface area contributed by atoms with Crippen LogP contribution in [-0.4, -0.2) is 19.9 Å². The number of nitrogens with zero attached hydrogens (tertiary/aromatic N) is 1. The topological polar surface area (TPSA) is 33.6 Å². The number of hydrogen-bond acceptors (Lipinski definition) is 3. The maximum absolute atomic E-state index is 6.04. The molecule has 0 aliphatic heterocycles. The fourth-order valence-corrected chi connectivity index (χ4v) is 1.31. The molecule has 1 rings (SSSR count). The zero-order valence-electron chi connectivity index (χ0n) is 8.96. The summed E-state index contributed by atoms with van der Waals surface area (Å²) >= 11 is 6.04. The first-order valence-corrected chi connectivity index (χ1v) is 5.28. The third kappa shape index (κ3) is 3.80. The fourth-order valence-electron chi connectivity index (χ4n) is 1.07. The summed E-state index contributed by atoms with van der Waals surface area (Å²) in [7, 11) is 1.75. The molecule has 1 N–H and O–H groups in total. The molecule has 0 unspecified atom stereocenters. The van der Waals surface area contributed by atoms with E-state index in [1.165, 1.54) is 0 Å². The van der Waals surface area contributed by atoms with E-state index in [0.29, 0.717) is 11.6 Å². The van der Waals surface area contributed by atoms with Gasteiger partial charge in [0.05, 0.1) is 17.8 Å². The van der Waals surface area contributed by atoms with E-state index in [9.17, 15) is 0 Å². The molecule has 0 heterocycles. The van der Waals surface area contributed by atoms with Gasteiger partial charge >= 0.3 is 0 Å². The molecule has 0 bridgehead atoms. The van der Waals surface area contributed by atoms with Gasteiger partial charge in [0, 0.05) is 7.05 Å². The Hall–Kier alpha value is -1.22. The molecule has 0 fully saturated rings. The molecule has 0 atom stereocenters. The van der Waals surface area contributed by atoms with Gasteiger partial charge in [-0.15, -0.1) is 0 Å². The van der Waals surface area contributed by atoms with Crippen LogP contribution in [0.5, 0.6) is 5.75 Å². The second-order valence-corrected chi connectivity index (χ2v) is 3.43. The third-order valence-electron chi connectivity index (χ3n) is 1.76. The number of nitrogens with one attached hydrogen (secondary N) is 1. The van der Waals surface area contributed by atoms with E-state index in [1.54, 1.807) is 13.3 Å². The van der Waals surface area contributed by atoms with Gasteiger partial charge in [0.1, 0.15) is 5.75 Å². The highest BCUT2D eigenvalue weighted by molar-refractivity contribution is 6.32. The van der Waals surface area contributed by atoms with Crippen molar-refractivity contribution >= 4 is 17.8 Å². The summed E-state index contributed by atoms with van der Waals surface area (Å²) in [5.74, 6) is 0.722. The van der Waals surface area contributed by atoms with Crippen molar-refractivity contribution in [2.24, 2.45) is 5.10 Å². The van der Waals surface area contributed by atoms with Gasteiger partial charge in [0.15, 0.2) is 0 Å². The molecule has 1 aromatic carbocycles. The lowest BCUT2D eigenvalue weighted by Crippen LogP contribution is -1.97. The van der Waals surface area contributed by atoms with Gasteiger partial charge < -0.3 is 10.2 Å². The zero-order chi connectivity index (χ0) is 11.1. The maximum Gasteiger partial charge on any atom is 0.137 e. The predicted octanol–water partition coefficient (Wildman–Crippen LogP) is 2.68. The standard InChI is InChI=1S/C11H15ClN2O/c1-3-6-15-11-5-4-9(7-10(11)12)8-14-13-2/h4-5,7-8,13H,3,6H2,1-2H3/b14-8+. The summed E-state index contributed by atoms with van der Waals surface area (Å²) in [5.41, 5.74) is 3.62. The number of hydrazone groups is 1. The van der Waals surface area contributed by atoms with E-state index in [1.807, 2.05) is 18.2 Å². The minimum absolute atomic E-state index is 0.614. The SMILES string of the molecule is CCCOc1ccc(/C=N/NC)cc1Cl. The van der Waals surface area contributed by atoms with Gasteiger partial charge in [-0.25, -0.2) is 0 Å². The van der Waals surface area contributed by atoms with Crippen LogP contribution in [0.4, 0.5) is 0 Å². The van der Waals surface area contributed by atoms with E-state index in [0.717, 1.165) is 17.7 Å². The van der Waals surface area contributed by atoms with Gasteiger partial charge in [-0.1, -0.05) is 18.5 Å². The first-order chi connectivity index (χ1) is 7.27. The van der Waals surface area contributed by atoms with Crippen LogP contribution in [0.1, 0.15) is 18.9 Å². The molecular weight excluding hydrogens is 212 g/mol. The summed E-state index contributed by atoms with van der Waals surface area (Å²) < 4.78 is 5.45. The molecule has 0 saturated heterocycles. The lowest BCUT2D eigenvalue weighted by Gasteiger charge is -2.06. The van der Waals surface area contributed by atoms with Crippen LogP contribution in [-0.2, 0) is 0 Å². The first kappa shape index (κ1) is 11.9. The van der Waals surface area contributed by atoms with Gasteiger partial charge in [-0.3, -0.25) is 0 Å². The average molecular weight is 227 g/mol. The van der Waals surface area contributed by atoms with E-state index < -0.39 is 0 Å². The highest BCUT2D eigenvalue weighted by Crippen LogP contribution is 2.24. The van der Waals surface area contributed by atoms with Crippen LogP contribution in [0.25, 0.3) is 0 Å². The molecule has 0 saturated carbocycles. The van der Waals surface area contributed by atoms with Crippen molar-refractivity contribution in [3.8, 4) is 5.75 Å².